The van der Waals surface area contributed by atoms with Crippen LogP contribution in [0.1, 0.15) is 28.3 Å². The van der Waals surface area contributed by atoms with E-state index in [-0.39, 0.29) is 17.9 Å². The second-order valence-electron chi connectivity index (χ2n) is 7.18. The number of rotatable bonds is 6. The van der Waals surface area contributed by atoms with Crippen LogP contribution in [0, 0.1) is 0 Å². The van der Waals surface area contributed by atoms with E-state index in [2.05, 4.69) is 4.98 Å². The molecule has 4 aromatic rings. The third kappa shape index (κ3) is 4.14. The molecule has 0 unspecified atom stereocenters. The lowest BCUT2D eigenvalue weighted by molar-refractivity contribution is 0.389. The van der Waals surface area contributed by atoms with Crippen molar-refractivity contribution in [3.63, 3.8) is 0 Å². The van der Waals surface area contributed by atoms with Gasteiger partial charge < -0.3 is 9.84 Å². The number of H-pyrrole nitrogens is 1. The maximum Gasteiger partial charge on any atom is 0.332 e. The lowest BCUT2D eigenvalue weighted by Crippen LogP contribution is -2.35. The van der Waals surface area contributed by atoms with Crippen molar-refractivity contribution in [2.75, 3.05) is 7.11 Å². The predicted octanol–water partition coefficient (Wildman–Crippen LogP) is 3.48. The van der Waals surface area contributed by atoms with Gasteiger partial charge in [-0.05, 0) is 28.8 Å². The van der Waals surface area contributed by atoms with E-state index in [0.29, 0.717) is 5.75 Å². The Labute approximate surface area is 179 Å². The lowest BCUT2D eigenvalue weighted by Gasteiger charge is -2.23. The molecule has 0 aliphatic rings. The molecule has 3 aromatic carbocycles. The molecule has 0 fully saturated rings. The molecule has 2 N–H and O–H groups in total. The summed E-state index contributed by atoms with van der Waals surface area (Å²) in [6.07, 6.45) is 0.168. The summed E-state index contributed by atoms with van der Waals surface area (Å²) in [5.41, 5.74) is 1.29. The minimum Gasteiger partial charge on any atom is -0.497 e. The highest BCUT2D eigenvalue weighted by Crippen LogP contribution is 2.29. The molecule has 31 heavy (non-hydrogen) atoms. The van der Waals surface area contributed by atoms with Gasteiger partial charge in [-0.15, -0.1) is 0 Å². The predicted molar refractivity (Wildman–Crippen MR) is 119 cm³/mol. The van der Waals surface area contributed by atoms with Crippen LogP contribution in [0.4, 0.5) is 0 Å². The fourth-order valence-electron chi connectivity index (χ4n) is 3.68. The molecule has 156 valence electrons. The van der Waals surface area contributed by atoms with Crippen LogP contribution in [0.3, 0.4) is 0 Å². The molecule has 0 saturated heterocycles. The molecule has 0 atom stereocenters. The number of nitrogens with one attached hydrogen (secondary N) is 1. The highest BCUT2D eigenvalue weighted by molar-refractivity contribution is 5.38. The highest BCUT2D eigenvalue weighted by Gasteiger charge is 2.24. The van der Waals surface area contributed by atoms with Crippen LogP contribution >= 0.6 is 0 Å². The Kier molecular flexibility index (Phi) is 5.71. The van der Waals surface area contributed by atoms with Crippen molar-refractivity contribution < 1.29 is 9.84 Å². The van der Waals surface area contributed by atoms with Crippen LogP contribution in [0.25, 0.3) is 0 Å². The Morgan fingerprint density at radius 1 is 0.871 bits per heavy atom. The van der Waals surface area contributed by atoms with Gasteiger partial charge in [-0.2, -0.15) is 0 Å². The summed E-state index contributed by atoms with van der Waals surface area (Å²) in [5, 5.41) is 11.1. The number of aromatic amines is 1. The maximum atomic E-state index is 12.9. The third-order valence-corrected chi connectivity index (χ3v) is 5.24. The Hall–Kier alpha value is -4.06. The summed E-state index contributed by atoms with van der Waals surface area (Å²) in [6.45, 7) is 0. The smallest absolute Gasteiger partial charge is 0.332 e. The zero-order chi connectivity index (χ0) is 21.8. The first-order chi connectivity index (χ1) is 15.1. The molecule has 0 spiro atoms. The molecule has 6 heteroatoms. The number of aromatic hydroxyl groups is 1. The number of aromatic nitrogens is 2. The van der Waals surface area contributed by atoms with Gasteiger partial charge in [0, 0.05) is 6.42 Å². The van der Waals surface area contributed by atoms with Crippen LogP contribution in [0.5, 0.6) is 11.6 Å². The molecule has 0 radical (unpaired) electrons. The van der Waals surface area contributed by atoms with Gasteiger partial charge in [0.05, 0.1) is 18.7 Å². The molecule has 4 rings (SSSR count). The number of benzene rings is 3. The summed E-state index contributed by atoms with van der Waals surface area (Å²) in [6, 6.07) is 25.4. The SMILES string of the molecule is COc1ccc(Cc2c(O)n(C(c3ccccc3)c3ccccc3)c(=O)[nH]c2=O)cc1. The molecule has 0 bridgehead atoms. The summed E-state index contributed by atoms with van der Waals surface area (Å²) >= 11 is 0. The van der Waals surface area contributed by atoms with Crippen molar-refractivity contribution in [2.45, 2.75) is 12.5 Å². The minimum absolute atomic E-state index is 0.127. The molecule has 0 aliphatic carbocycles. The number of ether oxygens (including phenoxy) is 1. The molecular weight excluding hydrogens is 392 g/mol. The first kappa shape index (κ1) is 20.2. The second-order valence-corrected chi connectivity index (χ2v) is 7.18. The Bertz CT molecular complexity index is 1240. The minimum atomic E-state index is -0.668. The van der Waals surface area contributed by atoms with Gasteiger partial charge in [0.2, 0.25) is 5.88 Å². The first-order valence-electron chi connectivity index (χ1n) is 9.88. The summed E-state index contributed by atoms with van der Waals surface area (Å²) in [4.78, 5) is 27.8. The van der Waals surface area contributed by atoms with Crippen molar-refractivity contribution in [3.05, 3.63) is 128 Å². The number of hydrogen-bond acceptors (Lipinski definition) is 4. The summed E-state index contributed by atoms with van der Waals surface area (Å²) in [5.74, 6) is 0.349. The van der Waals surface area contributed by atoms with Crippen LogP contribution in [-0.4, -0.2) is 21.8 Å². The van der Waals surface area contributed by atoms with Crippen molar-refractivity contribution in [2.24, 2.45) is 0 Å². The summed E-state index contributed by atoms with van der Waals surface area (Å²) < 4.78 is 6.41. The van der Waals surface area contributed by atoms with Gasteiger partial charge in [-0.1, -0.05) is 72.8 Å². The van der Waals surface area contributed by atoms with Gasteiger partial charge in [-0.25, -0.2) is 4.79 Å². The van der Waals surface area contributed by atoms with E-state index in [1.165, 1.54) is 4.57 Å². The molecule has 0 saturated carbocycles. The van der Waals surface area contributed by atoms with Gasteiger partial charge in [0.15, 0.2) is 0 Å². The van der Waals surface area contributed by atoms with Gasteiger partial charge in [0.1, 0.15) is 5.75 Å². The Balaban J connectivity index is 1.87. The number of nitrogens with zero attached hydrogens (tertiary/aromatic N) is 1. The third-order valence-electron chi connectivity index (χ3n) is 5.24. The largest absolute Gasteiger partial charge is 0.497 e. The van der Waals surface area contributed by atoms with E-state index < -0.39 is 17.3 Å². The Morgan fingerprint density at radius 2 is 1.42 bits per heavy atom. The van der Waals surface area contributed by atoms with Crippen molar-refractivity contribution in [1.82, 2.24) is 9.55 Å². The quantitative estimate of drug-likeness (QED) is 0.506. The zero-order valence-corrected chi connectivity index (χ0v) is 17.0. The van der Waals surface area contributed by atoms with Gasteiger partial charge in [-0.3, -0.25) is 14.3 Å². The number of methoxy groups -OCH3 is 1. The first-order valence-corrected chi connectivity index (χ1v) is 9.88. The lowest BCUT2D eigenvalue weighted by atomic mass is 9.98. The topological polar surface area (TPSA) is 84.3 Å². The standard InChI is InChI=1S/C25H22N2O4/c1-31-20-14-12-17(13-15-20)16-21-23(28)26-25(30)27(24(21)29)22(18-8-4-2-5-9-18)19-10-6-3-7-11-19/h2-15,22,29H,16H2,1H3,(H,26,28,30). The van der Waals surface area contributed by atoms with E-state index in [9.17, 15) is 14.7 Å². The van der Waals surface area contributed by atoms with E-state index in [1.54, 1.807) is 19.2 Å². The molecular formula is C25H22N2O4. The average Bonchev–Trinajstić information content (AvgIpc) is 2.81. The fourth-order valence-corrected chi connectivity index (χ4v) is 3.68. The molecule has 0 aliphatic heterocycles. The zero-order valence-electron chi connectivity index (χ0n) is 17.0. The highest BCUT2D eigenvalue weighted by atomic mass is 16.5. The van der Waals surface area contributed by atoms with Gasteiger partial charge in [0.25, 0.3) is 5.56 Å². The van der Waals surface area contributed by atoms with E-state index in [1.807, 2.05) is 72.8 Å². The molecule has 0 amide bonds. The van der Waals surface area contributed by atoms with Crippen LogP contribution in [0.2, 0.25) is 0 Å². The fraction of sp³-hybridized carbons (Fsp3) is 0.120. The van der Waals surface area contributed by atoms with Crippen LogP contribution < -0.4 is 16.0 Å². The van der Waals surface area contributed by atoms with Crippen molar-refractivity contribution in [3.8, 4) is 11.6 Å². The molecule has 1 aromatic heterocycles. The van der Waals surface area contributed by atoms with E-state index in [4.69, 9.17) is 4.74 Å². The van der Waals surface area contributed by atoms with E-state index in [0.717, 1.165) is 16.7 Å². The molecule has 1 heterocycles. The molecule has 6 nitrogen and oxygen atoms in total. The van der Waals surface area contributed by atoms with Crippen LogP contribution in [-0.2, 0) is 6.42 Å². The van der Waals surface area contributed by atoms with Crippen molar-refractivity contribution in [1.29, 1.82) is 0 Å². The van der Waals surface area contributed by atoms with Crippen LogP contribution in [0.15, 0.2) is 94.5 Å². The monoisotopic (exact) mass is 414 g/mol. The summed E-state index contributed by atoms with van der Waals surface area (Å²) in [7, 11) is 1.58. The van der Waals surface area contributed by atoms with Gasteiger partial charge >= 0.3 is 5.69 Å². The number of hydrogen-bond donors (Lipinski definition) is 2. The normalized spacial score (nSPS) is 10.9. The van der Waals surface area contributed by atoms with E-state index >= 15 is 0 Å². The Morgan fingerprint density at radius 3 is 1.94 bits per heavy atom. The maximum absolute atomic E-state index is 12.9. The average molecular weight is 414 g/mol. The van der Waals surface area contributed by atoms with Crippen molar-refractivity contribution >= 4 is 0 Å². The second kappa shape index (κ2) is 8.75.